The molecule has 2 heteroatoms. The summed E-state index contributed by atoms with van der Waals surface area (Å²) in [5.74, 6) is 0.878. The van der Waals surface area contributed by atoms with E-state index in [0.717, 1.165) is 12.5 Å². The molecule has 0 radical (unpaired) electrons. The Hall–Kier alpha value is -0.860. The minimum absolute atomic E-state index is 0.447. The maximum Gasteiger partial charge on any atom is 0.0446 e. The molecule has 0 amide bonds. The summed E-state index contributed by atoms with van der Waals surface area (Å²) in [5.41, 5.74) is 1.86. The highest BCUT2D eigenvalue weighted by Gasteiger charge is 2.29. The lowest BCUT2D eigenvalue weighted by molar-refractivity contribution is 0.106. The van der Waals surface area contributed by atoms with E-state index in [0.29, 0.717) is 11.5 Å². The molecule has 1 heterocycles. The summed E-state index contributed by atoms with van der Waals surface area (Å²) >= 11 is 0. The minimum atomic E-state index is 0.447. The fourth-order valence-electron chi connectivity index (χ4n) is 3.29. The fraction of sp³-hybridized carbons (Fsp3) is 0.667. The number of benzene rings is 1. The normalized spacial score (nSPS) is 20.0. The number of hydrogen-bond donors (Lipinski definition) is 1. The van der Waals surface area contributed by atoms with Gasteiger partial charge in [-0.1, -0.05) is 51.1 Å². The molecular formula is C18H30N2. The number of rotatable bonds is 4. The van der Waals surface area contributed by atoms with Crippen molar-refractivity contribution in [2.45, 2.75) is 39.7 Å². The van der Waals surface area contributed by atoms with Crippen molar-refractivity contribution in [3.8, 4) is 0 Å². The van der Waals surface area contributed by atoms with Gasteiger partial charge in [0.05, 0.1) is 0 Å². The van der Waals surface area contributed by atoms with Crippen LogP contribution in [0.25, 0.3) is 0 Å². The zero-order valence-electron chi connectivity index (χ0n) is 13.5. The van der Waals surface area contributed by atoms with Crippen molar-refractivity contribution in [1.29, 1.82) is 0 Å². The van der Waals surface area contributed by atoms with Gasteiger partial charge in [0.1, 0.15) is 0 Å². The van der Waals surface area contributed by atoms with Gasteiger partial charge in [-0.15, -0.1) is 0 Å². The molecule has 1 fully saturated rings. The highest BCUT2D eigenvalue weighted by atomic mass is 15.2. The van der Waals surface area contributed by atoms with Crippen LogP contribution < -0.4 is 5.32 Å². The molecule has 2 rings (SSSR count). The van der Waals surface area contributed by atoms with Gasteiger partial charge in [-0.2, -0.15) is 0 Å². The highest BCUT2D eigenvalue weighted by Crippen LogP contribution is 2.34. The van der Waals surface area contributed by atoms with Crippen LogP contribution in [0.5, 0.6) is 0 Å². The molecular weight excluding hydrogens is 244 g/mol. The van der Waals surface area contributed by atoms with Crippen molar-refractivity contribution >= 4 is 0 Å². The Morgan fingerprint density at radius 2 is 1.75 bits per heavy atom. The maximum absolute atomic E-state index is 3.47. The van der Waals surface area contributed by atoms with Gasteiger partial charge in [-0.05, 0) is 49.9 Å². The van der Waals surface area contributed by atoms with E-state index < -0.39 is 0 Å². The number of nitrogens with zero attached hydrogens (tertiary/aromatic N) is 1. The van der Waals surface area contributed by atoms with Crippen LogP contribution in [0.2, 0.25) is 0 Å². The fourth-order valence-corrected chi connectivity index (χ4v) is 3.29. The summed E-state index contributed by atoms with van der Waals surface area (Å²) in [5, 5.41) is 3.47. The molecule has 1 atom stereocenters. The Labute approximate surface area is 124 Å². The van der Waals surface area contributed by atoms with Gasteiger partial charge in [0, 0.05) is 12.6 Å². The molecule has 1 aromatic carbocycles. The van der Waals surface area contributed by atoms with Crippen LogP contribution in [0.4, 0.5) is 0 Å². The highest BCUT2D eigenvalue weighted by molar-refractivity contribution is 5.19. The van der Waals surface area contributed by atoms with Crippen LogP contribution >= 0.6 is 0 Å². The number of piperidine rings is 1. The van der Waals surface area contributed by atoms with Crippen molar-refractivity contribution in [2.24, 2.45) is 11.3 Å². The van der Waals surface area contributed by atoms with Crippen molar-refractivity contribution in [3.05, 3.63) is 35.9 Å². The standard InChI is InChI=1S/C18H30N2/c1-18(2,3)16-10-12-20(13-11-16)14-17(19-4)15-8-6-5-7-9-15/h5-9,16-17,19H,10-14H2,1-4H3. The van der Waals surface area contributed by atoms with Gasteiger partial charge < -0.3 is 10.2 Å². The zero-order valence-corrected chi connectivity index (χ0v) is 13.5. The number of likely N-dealkylation sites (N-methyl/N-ethyl adjacent to an activating group) is 1. The molecule has 0 bridgehead atoms. The monoisotopic (exact) mass is 274 g/mol. The molecule has 0 saturated carbocycles. The molecule has 112 valence electrons. The Bertz CT molecular complexity index is 386. The van der Waals surface area contributed by atoms with E-state index in [2.05, 4.69) is 68.4 Å². The summed E-state index contributed by atoms with van der Waals surface area (Å²) in [6.07, 6.45) is 2.68. The van der Waals surface area contributed by atoms with E-state index in [4.69, 9.17) is 0 Å². The van der Waals surface area contributed by atoms with E-state index >= 15 is 0 Å². The molecule has 1 saturated heterocycles. The molecule has 0 aliphatic carbocycles. The van der Waals surface area contributed by atoms with Crippen LogP contribution in [-0.2, 0) is 0 Å². The van der Waals surface area contributed by atoms with Crippen LogP contribution in [0.1, 0.15) is 45.2 Å². The minimum Gasteiger partial charge on any atom is -0.312 e. The molecule has 1 aromatic rings. The first-order chi connectivity index (χ1) is 9.50. The molecule has 1 unspecified atom stereocenters. The first-order valence-electron chi connectivity index (χ1n) is 7.95. The smallest absolute Gasteiger partial charge is 0.0446 e. The second-order valence-electron chi connectivity index (χ2n) is 7.19. The van der Waals surface area contributed by atoms with Gasteiger partial charge in [-0.25, -0.2) is 0 Å². The molecule has 2 nitrogen and oxygen atoms in total. The third-order valence-electron chi connectivity index (χ3n) is 4.80. The third-order valence-corrected chi connectivity index (χ3v) is 4.80. The number of likely N-dealkylation sites (tertiary alicyclic amines) is 1. The van der Waals surface area contributed by atoms with E-state index in [9.17, 15) is 0 Å². The second kappa shape index (κ2) is 6.73. The van der Waals surface area contributed by atoms with Crippen molar-refractivity contribution in [1.82, 2.24) is 10.2 Å². The Morgan fingerprint density at radius 3 is 2.25 bits per heavy atom. The summed E-state index contributed by atoms with van der Waals surface area (Å²) in [6, 6.07) is 11.2. The average Bonchev–Trinajstić information content (AvgIpc) is 2.45. The molecule has 0 aromatic heterocycles. The first kappa shape index (κ1) is 15.5. The third kappa shape index (κ3) is 4.07. The lowest BCUT2D eigenvalue weighted by Crippen LogP contribution is -2.41. The lowest BCUT2D eigenvalue weighted by atomic mass is 9.75. The molecule has 20 heavy (non-hydrogen) atoms. The molecule has 0 spiro atoms. The lowest BCUT2D eigenvalue weighted by Gasteiger charge is -2.39. The first-order valence-corrected chi connectivity index (χ1v) is 7.95. The van der Waals surface area contributed by atoms with Crippen LogP contribution in [0.3, 0.4) is 0 Å². The SMILES string of the molecule is CNC(CN1CCC(C(C)(C)C)CC1)c1ccccc1. The quantitative estimate of drug-likeness (QED) is 0.900. The average molecular weight is 274 g/mol. The van der Waals surface area contributed by atoms with Gasteiger partial charge in [0.2, 0.25) is 0 Å². The number of hydrogen-bond acceptors (Lipinski definition) is 2. The molecule has 1 aliphatic heterocycles. The predicted octanol–water partition coefficient (Wildman–Crippen LogP) is 3.71. The van der Waals surface area contributed by atoms with Crippen molar-refractivity contribution in [2.75, 3.05) is 26.7 Å². The predicted molar refractivity (Wildman–Crippen MR) is 86.9 cm³/mol. The van der Waals surface area contributed by atoms with Crippen LogP contribution in [0.15, 0.2) is 30.3 Å². The van der Waals surface area contributed by atoms with Crippen LogP contribution in [0, 0.1) is 11.3 Å². The van der Waals surface area contributed by atoms with Crippen molar-refractivity contribution < 1.29 is 0 Å². The van der Waals surface area contributed by atoms with Gasteiger partial charge in [0.25, 0.3) is 0 Å². The van der Waals surface area contributed by atoms with E-state index in [-0.39, 0.29) is 0 Å². The summed E-state index contributed by atoms with van der Waals surface area (Å²) in [7, 11) is 2.07. The van der Waals surface area contributed by atoms with E-state index in [1.54, 1.807) is 0 Å². The topological polar surface area (TPSA) is 15.3 Å². The van der Waals surface area contributed by atoms with E-state index in [1.807, 2.05) is 0 Å². The Balaban J connectivity index is 1.88. The maximum atomic E-state index is 3.47. The Morgan fingerprint density at radius 1 is 1.15 bits per heavy atom. The van der Waals surface area contributed by atoms with Crippen LogP contribution in [-0.4, -0.2) is 31.6 Å². The second-order valence-corrected chi connectivity index (χ2v) is 7.19. The van der Waals surface area contributed by atoms with Gasteiger partial charge in [-0.3, -0.25) is 0 Å². The van der Waals surface area contributed by atoms with Gasteiger partial charge >= 0.3 is 0 Å². The van der Waals surface area contributed by atoms with Crippen molar-refractivity contribution in [3.63, 3.8) is 0 Å². The zero-order chi connectivity index (χ0) is 14.6. The van der Waals surface area contributed by atoms with E-state index in [1.165, 1.54) is 31.5 Å². The summed E-state index contributed by atoms with van der Waals surface area (Å²) in [4.78, 5) is 2.62. The van der Waals surface area contributed by atoms with Gasteiger partial charge in [0.15, 0.2) is 0 Å². The Kier molecular flexibility index (Phi) is 5.22. The molecule has 1 aliphatic rings. The summed E-state index contributed by atoms with van der Waals surface area (Å²) in [6.45, 7) is 10.8. The summed E-state index contributed by atoms with van der Waals surface area (Å²) < 4.78 is 0. The largest absolute Gasteiger partial charge is 0.312 e. The number of nitrogens with one attached hydrogen (secondary N) is 1. The molecule has 1 N–H and O–H groups in total.